The Balaban J connectivity index is 0.000000318. The van der Waals surface area contributed by atoms with E-state index in [0.29, 0.717) is 28.2 Å². The fraction of sp³-hybridized carbons (Fsp3) is 0.389. The minimum atomic E-state index is -5.08. The van der Waals surface area contributed by atoms with Crippen molar-refractivity contribution in [1.29, 1.82) is 0 Å². The molecule has 0 spiro atoms. The molecule has 3 heterocycles. The van der Waals surface area contributed by atoms with Gasteiger partial charge < -0.3 is 25.5 Å². The van der Waals surface area contributed by atoms with Crippen LogP contribution in [0.1, 0.15) is 13.8 Å². The number of alkyl halides is 3. The van der Waals surface area contributed by atoms with E-state index < -0.39 is 12.1 Å². The molecule has 4 rings (SSSR count). The zero-order valence-electron chi connectivity index (χ0n) is 16.0. The number of nitrogen functional groups attached to an aromatic ring is 1. The Morgan fingerprint density at radius 3 is 2.47 bits per heavy atom. The summed E-state index contributed by atoms with van der Waals surface area (Å²) in [4.78, 5) is 19.9. The molecule has 2 unspecified atom stereocenters. The van der Waals surface area contributed by atoms with Gasteiger partial charge in [-0.05, 0) is 32.0 Å². The van der Waals surface area contributed by atoms with Gasteiger partial charge in [0, 0.05) is 35.6 Å². The number of aliphatic carboxylic acids is 1. The van der Waals surface area contributed by atoms with E-state index in [-0.39, 0.29) is 5.95 Å². The number of carbonyl (C=O) groups is 1. The average Bonchev–Trinajstić information content (AvgIpc) is 2.97. The van der Waals surface area contributed by atoms with E-state index in [4.69, 9.17) is 31.7 Å². The molecule has 0 amide bonds. The van der Waals surface area contributed by atoms with Gasteiger partial charge in [0.2, 0.25) is 5.95 Å². The van der Waals surface area contributed by atoms with Crippen molar-refractivity contribution >= 4 is 51.4 Å². The molecular formula is C18H19ClF3N5O3. The largest absolute Gasteiger partial charge is 0.490 e. The topological polar surface area (TPSA) is 118 Å². The lowest BCUT2D eigenvalue weighted by molar-refractivity contribution is -0.192. The van der Waals surface area contributed by atoms with Crippen LogP contribution < -0.4 is 16.0 Å². The van der Waals surface area contributed by atoms with Gasteiger partial charge in [-0.1, -0.05) is 11.6 Å². The van der Waals surface area contributed by atoms with E-state index in [1.165, 1.54) is 0 Å². The summed E-state index contributed by atoms with van der Waals surface area (Å²) in [5.74, 6) is -1.76. The van der Waals surface area contributed by atoms with E-state index in [9.17, 15) is 13.2 Å². The van der Waals surface area contributed by atoms with Gasteiger partial charge in [0.1, 0.15) is 11.1 Å². The second-order valence-corrected chi connectivity index (χ2v) is 7.44. The third kappa shape index (κ3) is 4.68. The highest BCUT2D eigenvalue weighted by Crippen LogP contribution is 2.35. The molecule has 2 atom stereocenters. The van der Waals surface area contributed by atoms with Crippen molar-refractivity contribution in [2.45, 2.75) is 32.1 Å². The monoisotopic (exact) mass is 445 g/mol. The van der Waals surface area contributed by atoms with Crippen LogP contribution >= 0.6 is 11.6 Å². The van der Waals surface area contributed by atoms with Crippen LogP contribution in [0.2, 0.25) is 5.02 Å². The lowest BCUT2D eigenvalue weighted by atomic mass is 10.1. The summed E-state index contributed by atoms with van der Waals surface area (Å²) in [6.45, 7) is 5.99. The van der Waals surface area contributed by atoms with Crippen molar-refractivity contribution in [3.05, 3.63) is 23.2 Å². The first kappa shape index (κ1) is 21.9. The molecule has 4 N–H and O–H groups in total. The van der Waals surface area contributed by atoms with Gasteiger partial charge in [-0.2, -0.15) is 18.2 Å². The first-order valence-corrected chi connectivity index (χ1v) is 9.30. The molecule has 12 heteroatoms. The first-order chi connectivity index (χ1) is 14.0. The Morgan fingerprint density at radius 2 is 1.90 bits per heavy atom. The maximum Gasteiger partial charge on any atom is 0.490 e. The van der Waals surface area contributed by atoms with Gasteiger partial charge in [0.05, 0.1) is 0 Å². The minimum Gasteiger partial charge on any atom is -0.475 e. The molecular weight excluding hydrogens is 427 g/mol. The third-order valence-electron chi connectivity index (χ3n) is 4.37. The number of piperazine rings is 1. The third-order valence-corrected chi connectivity index (χ3v) is 4.61. The average molecular weight is 446 g/mol. The number of aromatic nitrogens is 2. The second kappa shape index (κ2) is 8.15. The molecule has 1 aliphatic rings. The van der Waals surface area contributed by atoms with Gasteiger partial charge in [0.15, 0.2) is 11.4 Å². The number of hydrogen-bond acceptors (Lipinski definition) is 7. The smallest absolute Gasteiger partial charge is 0.475 e. The summed E-state index contributed by atoms with van der Waals surface area (Å²) in [6.07, 6.45) is -5.08. The molecule has 0 aliphatic carbocycles. The van der Waals surface area contributed by atoms with E-state index >= 15 is 0 Å². The summed E-state index contributed by atoms with van der Waals surface area (Å²) in [7, 11) is 0. The molecule has 0 radical (unpaired) electrons. The second-order valence-electron chi connectivity index (χ2n) is 7.00. The molecule has 1 saturated heterocycles. The van der Waals surface area contributed by atoms with E-state index in [1.54, 1.807) is 6.07 Å². The van der Waals surface area contributed by atoms with E-state index in [1.807, 2.05) is 12.1 Å². The molecule has 1 aromatic carbocycles. The van der Waals surface area contributed by atoms with E-state index in [0.717, 1.165) is 29.9 Å². The summed E-state index contributed by atoms with van der Waals surface area (Å²) >= 11 is 6.11. The normalized spacial score (nSPS) is 19.6. The van der Waals surface area contributed by atoms with Crippen LogP contribution in [0.3, 0.4) is 0 Å². The van der Waals surface area contributed by atoms with Crippen LogP contribution in [0.25, 0.3) is 22.1 Å². The number of nitrogens with zero attached hydrogens (tertiary/aromatic N) is 3. The van der Waals surface area contributed by atoms with Crippen LogP contribution in [0.15, 0.2) is 22.6 Å². The number of benzene rings is 1. The summed E-state index contributed by atoms with van der Waals surface area (Å²) in [5.41, 5.74) is 8.06. The molecule has 2 aromatic heterocycles. The number of nitrogens with one attached hydrogen (secondary N) is 1. The maximum absolute atomic E-state index is 10.6. The highest BCUT2D eigenvalue weighted by Gasteiger charge is 2.38. The number of hydrogen-bond donors (Lipinski definition) is 3. The van der Waals surface area contributed by atoms with Gasteiger partial charge in [-0.25, -0.2) is 9.78 Å². The molecule has 1 fully saturated rings. The molecule has 30 heavy (non-hydrogen) atoms. The Labute approximate surface area is 173 Å². The van der Waals surface area contributed by atoms with Crippen molar-refractivity contribution < 1.29 is 27.5 Å². The Kier molecular flexibility index (Phi) is 5.95. The number of rotatable bonds is 1. The summed E-state index contributed by atoms with van der Waals surface area (Å²) in [6, 6.07) is 6.23. The number of nitrogens with two attached hydrogens (primary N) is 1. The predicted octanol–water partition coefficient (Wildman–Crippen LogP) is 3.43. The SMILES string of the molecule is CC1CN(c2nc(N)nc3c2oc2ccc(Cl)cc23)CC(C)N1.O=C(O)C(F)(F)F. The fourth-order valence-corrected chi connectivity index (χ4v) is 3.50. The van der Waals surface area contributed by atoms with Gasteiger partial charge in [-0.3, -0.25) is 0 Å². The minimum absolute atomic E-state index is 0.244. The fourth-order valence-electron chi connectivity index (χ4n) is 3.33. The number of fused-ring (bicyclic) bond motifs is 3. The quantitative estimate of drug-likeness (QED) is 0.521. The van der Waals surface area contributed by atoms with Crippen LogP contribution in [-0.4, -0.2) is 52.4 Å². The summed E-state index contributed by atoms with van der Waals surface area (Å²) < 4.78 is 37.8. The molecule has 1 aliphatic heterocycles. The lowest BCUT2D eigenvalue weighted by Gasteiger charge is -2.36. The molecule has 0 saturated carbocycles. The Hall–Kier alpha value is -2.79. The van der Waals surface area contributed by atoms with Crippen molar-refractivity contribution in [2.24, 2.45) is 0 Å². The van der Waals surface area contributed by atoms with Crippen molar-refractivity contribution in [3.63, 3.8) is 0 Å². The Morgan fingerprint density at radius 1 is 1.30 bits per heavy atom. The first-order valence-electron chi connectivity index (χ1n) is 8.92. The van der Waals surface area contributed by atoms with Gasteiger partial charge in [-0.15, -0.1) is 0 Å². The lowest BCUT2D eigenvalue weighted by Crippen LogP contribution is -2.54. The number of furan rings is 1. The Bertz CT molecular complexity index is 1080. The van der Waals surface area contributed by atoms with E-state index in [2.05, 4.69) is 34.0 Å². The molecule has 0 bridgehead atoms. The van der Waals surface area contributed by atoms with Crippen LogP contribution in [-0.2, 0) is 4.79 Å². The number of anilines is 2. The van der Waals surface area contributed by atoms with Crippen LogP contribution in [0, 0.1) is 0 Å². The number of halogens is 4. The highest BCUT2D eigenvalue weighted by molar-refractivity contribution is 6.31. The molecule has 3 aromatic rings. The summed E-state index contributed by atoms with van der Waals surface area (Å²) in [5, 5.41) is 12.1. The zero-order chi connectivity index (χ0) is 22.2. The molecule has 162 valence electrons. The highest BCUT2D eigenvalue weighted by atomic mass is 35.5. The number of carboxylic acids is 1. The zero-order valence-corrected chi connectivity index (χ0v) is 16.8. The van der Waals surface area contributed by atoms with Crippen LogP contribution in [0.4, 0.5) is 24.9 Å². The van der Waals surface area contributed by atoms with Crippen molar-refractivity contribution in [3.8, 4) is 0 Å². The van der Waals surface area contributed by atoms with Gasteiger partial charge in [0.25, 0.3) is 0 Å². The number of carboxylic acid groups (broad SMARTS) is 1. The van der Waals surface area contributed by atoms with Crippen molar-refractivity contribution in [1.82, 2.24) is 15.3 Å². The molecule has 8 nitrogen and oxygen atoms in total. The van der Waals surface area contributed by atoms with Crippen LogP contribution in [0.5, 0.6) is 0 Å². The van der Waals surface area contributed by atoms with Gasteiger partial charge >= 0.3 is 12.1 Å². The standard InChI is InChI=1S/C16H18ClN5O.C2HF3O2/c1-8-6-22(7-9(2)19-8)15-14-13(20-16(18)21-15)11-5-10(17)3-4-12(11)23-14;3-2(4,5)1(6)7/h3-5,8-9,19H,6-7H2,1-2H3,(H2,18,20,21);(H,6,7). The van der Waals surface area contributed by atoms with Crippen molar-refractivity contribution in [2.75, 3.05) is 23.7 Å². The predicted molar refractivity (Wildman–Crippen MR) is 107 cm³/mol. The maximum atomic E-state index is 10.6.